The Bertz CT molecular complexity index is 403. The molecule has 0 spiro atoms. The lowest BCUT2D eigenvalue weighted by atomic mass is 9.90. The Hall–Kier alpha value is -1.02. The molecule has 0 aromatic heterocycles. The number of methoxy groups -OCH3 is 1. The molecule has 88 valence electrons. The lowest BCUT2D eigenvalue weighted by molar-refractivity contribution is 0.149. The quantitative estimate of drug-likeness (QED) is 0.848. The molecule has 16 heavy (non-hydrogen) atoms. The van der Waals surface area contributed by atoms with Gasteiger partial charge in [0.2, 0.25) is 0 Å². The Morgan fingerprint density at radius 2 is 1.94 bits per heavy atom. The van der Waals surface area contributed by atoms with Gasteiger partial charge in [0.25, 0.3) is 0 Å². The minimum atomic E-state index is -0.583. The molecule has 1 aromatic rings. The molecule has 1 saturated carbocycles. The minimum Gasteiger partial charge on any atom is -0.496 e. The van der Waals surface area contributed by atoms with E-state index in [1.54, 1.807) is 7.11 Å². The van der Waals surface area contributed by atoms with E-state index in [2.05, 4.69) is 19.9 Å². The summed E-state index contributed by atoms with van der Waals surface area (Å²) in [5, 5.41) is 10.3. The number of aliphatic hydroxyl groups is 1. The number of rotatable bonds is 3. The van der Waals surface area contributed by atoms with E-state index in [1.807, 2.05) is 13.0 Å². The third-order valence-corrected chi connectivity index (χ3v) is 3.40. The lowest BCUT2D eigenvalue weighted by Gasteiger charge is -2.21. The highest BCUT2D eigenvalue weighted by Crippen LogP contribution is 2.50. The summed E-state index contributed by atoms with van der Waals surface area (Å²) in [7, 11) is 1.70. The lowest BCUT2D eigenvalue weighted by Crippen LogP contribution is -2.11. The summed E-state index contributed by atoms with van der Waals surface area (Å²) < 4.78 is 5.49. The first-order valence-electron chi connectivity index (χ1n) is 5.90. The molecule has 2 rings (SSSR count). The molecular weight excluding hydrogens is 200 g/mol. The molecule has 0 heterocycles. The third-order valence-electron chi connectivity index (χ3n) is 3.40. The zero-order valence-corrected chi connectivity index (χ0v) is 10.5. The van der Waals surface area contributed by atoms with Crippen molar-refractivity contribution in [3.05, 3.63) is 28.8 Å². The number of hydrogen-bond acceptors (Lipinski definition) is 2. The minimum absolute atomic E-state index is 0.370. The second-order valence-electron chi connectivity index (χ2n) is 5.06. The summed E-state index contributed by atoms with van der Waals surface area (Å²) in [6, 6.07) is 4.09. The maximum absolute atomic E-state index is 10.3. The van der Waals surface area contributed by atoms with Crippen molar-refractivity contribution in [3.8, 4) is 5.75 Å². The number of aryl methyl sites for hydroxylation is 1. The first kappa shape index (κ1) is 11.5. The first-order valence-corrected chi connectivity index (χ1v) is 5.90. The van der Waals surface area contributed by atoms with E-state index in [0.29, 0.717) is 5.92 Å². The van der Waals surface area contributed by atoms with E-state index in [9.17, 15) is 5.11 Å². The van der Waals surface area contributed by atoms with Crippen LogP contribution in [0.1, 0.15) is 49.3 Å². The monoisotopic (exact) mass is 220 g/mol. The van der Waals surface area contributed by atoms with Gasteiger partial charge in [0.15, 0.2) is 0 Å². The van der Waals surface area contributed by atoms with Gasteiger partial charge in [-0.1, -0.05) is 26.0 Å². The van der Waals surface area contributed by atoms with Crippen molar-refractivity contribution in [1.82, 2.24) is 0 Å². The molecule has 1 aromatic carbocycles. The van der Waals surface area contributed by atoms with Gasteiger partial charge in [-0.15, -0.1) is 0 Å². The number of benzene rings is 1. The van der Waals surface area contributed by atoms with Crippen molar-refractivity contribution in [2.75, 3.05) is 7.11 Å². The molecule has 1 N–H and O–H groups in total. The van der Waals surface area contributed by atoms with Gasteiger partial charge in [-0.2, -0.15) is 0 Å². The Labute approximate surface area is 97.3 Å². The SMILES string of the molecule is COc1c(C)ccc(C2(O)CC2)c1C(C)C. The smallest absolute Gasteiger partial charge is 0.125 e. The molecule has 0 saturated heterocycles. The van der Waals surface area contributed by atoms with Crippen LogP contribution >= 0.6 is 0 Å². The van der Waals surface area contributed by atoms with Gasteiger partial charge < -0.3 is 9.84 Å². The predicted octanol–water partition coefficient (Wildman–Crippen LogP) is 3.11. The molecule has 1 fully saturated rings. The first-order chi connectivity index (χ1) is 7.49. The fourth-order valence-electron chi connectivity index (χ4n) is 2.35. The van der Waals surface area contributed by atoms with E-state index in [4.69, 9.17) is 4.74 Å². The van der Waals surface area contributed by atoms with Crippen LogP contribution in [-0.4, -0.2) is 12.2 Å². The Morgan fingerprint density at radius 3 is 2.38 bits per heavy atom. The van der Waals surface area contributed by atoms with Gasteiger partial charge in [-0.25, -0.2) is 0 Å². The maximum Gasteiger partial charge on any atom is 0.125 e. The van der Waals surface area contributed by atoms with Crippen molar-refractivity contribution in [2.24, 2.45) is 0 Å². The van der Waals surface area contributed by atoms with E-state index < -0.39 is 5.60 Å². The molecule has 0 amide bonds. The second kappa shape index (κ2) is 3.77. The van der Waals surface area contributed by atoms with Gasteiger partial charge in [0.05, 0.1) is 12.7 Å². The van der Waals surface area contributed by atoms with Crippen molar-refractivity contribution in [2.45, 2.75) is 45.1 Å². The number of hydrogen-bond donors (Lipinski definition) is 1. The van der Waals surface area contributed by atoms with E-state index >= 15 is 0 Å². The normalized spacial score (nSPS) is 17.6. The standard InChI is InChI=1S/C14H20O2/c1-9(2)12-11(14(15)7-8-14)6-5-10(3)13(12)16-4/h5-6,9,15H,7-8H2,1-4H3. The van der Waals surface area contributed by atoms with E-state index in [1.165, 1.54) is 5.56 Å². The molecule has 0 aliphatic heterocycles. The zero-order valence-electron chi connectivity index (χ0n) is 10.5. The van der Waals surface area contributed by atoms with Crippen LogP contribution in [0.15, 0.2) is 12.1 Å². The van der Waals surface area contributed by atoms with Crippen LogP contribution < -0.4 is 4.74 Å². The van der Waals surface area contributed by atoms with Gasteiger partial charge in [-0.05, 0) is 36.8 Å². The van der Waals surface area contributed by atoms with Crippen molar-refractivity contribution < 1.29 is 9.84 Å². The summed E-state index contributed by atoms with van der Waals surface area (Å²) >= 11 is 0. The molecule has 2 heteroatoms. The van der Waals surface area contributed by atoms with Crippen LogP contribution in [0.4, 0.5) is 0 Å². The summed E-state index contributed by atoms with van der Waals surface area (Å²) in [5.41, 5.74) is 2.78. The van der Waals surface area contributed by atoms with Gasteiger partial charge >= 0.3 is 0 Å². The van der Waals surface area contributed by atoms with Crippen LogP contribution in [0.5, 0.6) is 5.75 Å². The molecule has 0 bridgehead atoms. The molecule has 0 unspecified atom stereocenters. The van der Waals surface area contributed by atoms with Crippen molar-refractivity contribution in [1.29, 1.82) is 0 Å². The maximum atomic E-state index is 10.3. The van der Waals surface area contributed by atoms with E-state index in [-0.39, 0.29) is 0 Å². The molecular formula is C14H20O2. The van der Waals surface area contributed by atoms with E-state index in [0.717, 1.165) is 29.7 Å². The molecule has 0 atom stereocenters. The number of ether oxygens (including phenoxy) is 1. The molecule has 1 aliphatic carbocycles. The Kier molecular flexibility index (Phi) is 2.70. The van der Waals surface area contributed by atoms with Crippen LogP contribution in [0.2, 0.25) is 0 Å². The molecule has 2 nitrogen and oxygen atoms in total. The summed E-state index contributed by atoms with van der Waals surface area (Å²) in [5.74, 6) is 1.31. The average molecular weight is 220 g/mol. The summed E-state index contributed by atoms with van der Waals surface area (Å²) in [6.07, 6.45) is 1.75. The van der Waals surface area contributed by atoms with Crippen molar-refractivity contribution in [3.63, 3.8) is 0 Å². The highest BCUT2D eigenvalue weighted by atomic mass is 16.5. The molecule has 0 radical (unpaired) electrons. The predicted molar refractivity (Wildman–Crippen MR) is 65.0 cm³/mol. The topological polar surface area (TPSA) is 29.5 Å². The van der Waals surface area contributed by atoms with Crippen LogP contribution in [0, 0.1) is 6.92 Å². The highest BCUT2D eigenvalue weighted by Gasteiger charge is 2.44. The fourth-order valence-corrected chi connectivity index (χ4v) is 2.35. The summed E-state index contributed by atoms with van der Waals surface area (Å²) in [6.45, 7) is 6.34. The highest BCUT2D eigenvalue weighted by molar-refractivity contribution is 5.51. The second-order valence-corrected chi connectivity index (χ2v) is 5.06. The molecule has 1 aliphatic rings. The average Bonchev–Trinajstić information content (AvgIpc) is 2.96. The van der Waals surface area contributed by atoms with Crippen LogP contribution in [-0.2, 0) is 5.60 Å². The Morgan fingerprint density at radius 1 is 1.31 bits per heavy atom. The van der Waals surface area contributed by atoms with Crippen molar-refractivity contribution >= 4 is 0 Å². The van der Waals surface area contributed by atoms with Gasteiger partial charge in [0.1, 0.15) is 5.75 Å². The Balaban J connectivity index is 2.61. The zero-order chi connectivity index (χ0) is 11.9. The van der Waals surface area contributed by atoms with Crippen LogP contribution in [0.25, 0.3) is 0 Å². The summed E-state index contributed by atoms with van der Waals surface area (Å²) in [4.78, 5) is 0. The largest absolute Gasteiger partial charge is 0.496 e. The van der Waals surface area contributed by atoms with Gasteiger partial charge in [0, 0.05) is 5.56 Å². The van der Waals surface area contributed by atoms with Crippen LogP contribution in [0.3, 0.4) is 0 Å². The van der Waals surface area contributed by atoms with Gasteiger partial charge in [-0.3, -0.25) is 0 Å². The third kappa shape index (κ3) is 1.71. The fraction of sp³-hybridized carbons (Fsp3) is 0.571.